The van der Waals surface area contributed by atoms with Crippen molar-refractivity contribution >= 4 is 39.5 Å². The first-order chi connectivity index (χ1) is 19.4. The Balaban J connectivity index is 1.41. The van der Waals surface area contributed by atoms with E-state index in [1.165, 1.54) is 6.07 Å². The Labute approximate surface area is 240 Å². The maximum absolute atomic E-state index is 14.9. The van der Waals surface area contributed by atoms with Crippen molar-refractivity contribution in [2.45, 2.75) is 52.2 Å². The summed E-state index contributed by atoms with van der Waals surface area (Å²) in [7, 11) is 0.444. The lowest BCUT2D eigenvalue weighted by Gasteiger charge is -2.33. The first-order valence-electron chi connectivity index (χ1n) is 13.5. The summed E-state index contributed by atoms with van der Waals surface area (Å²) in [5, 5.41) is 9.92. The standard InChI is InChI=1S/C28H35FN8O3S/c1-6-41(39)34-22-8-7-17(13-21(22)29)24-23-25(35(5)33-24)20(15-31-26(23)30)18-14-32-37(16-18)19-9-11-36(12-10-19)27(38)40-28(2,3)4/h7-8,13-16,19,34H,6,9-12H2,1-5H3,(H2,30,31). The van der Waals surface area contributed by atoms with Crippen molar-refractivity contribution in [1.82, 2.24) is 29.4 Å². The molecule has 11 nitrogen and oxygen atoms in total. The number of carbonyl (C=O) groups is 1. The molecule has 1 unspecified atom stereocenters. The van der Waals surface area contributed by atoms with Crippen molar-refractivity contribution in [2.24, 2.45) is 7.05 Å². The van der Waals surface area contributed by atoms with Gasteiger partial charge in [-0.15, -0.1) is 0 Å². The molecule has 5 rings (SSSR count). The molecule has 1 atom stereocenters. The van der Waals surface area contributed by atoms with Crippen LogP contribution in [0.5, 0.6) is 0 Å². The highest BCUT2D eigenvalue weighted by molar-refractivity contribution is 7.86. The fraction of sp³-hybridized carbons (Fsp3) is 0.429. The quantitative estimate of drug-likeness (QED) is 0.331. The molecule has 41 heavy (non-hydrogen) atoms. The summed E-state index contributed by atoms with van der Waals surface area (Å²) in [6, 6.07) is 4.75. The van der Waals surface area contributed by atoms with Crippen LogP contribution in [-0.2, 0) is 22.8 Å². The molecule has 3 N–H and O–H groups in total. The number of benzene rings is 1. The molecule has 218 valence electrons. The van der Waals surface area contributed by atoms with Crippen molar-refractivity contribution < 1.29 is 18.1 Å². The molecule has 0 aliphatic carbocycles. The van der Waals surface area contributed by atoms with E-state index in [4.69, 9.17) is 10.5 Å². The molecule has 4 aromatic rings. The number of fused-ring (bicyclic) bond motifs is 1. The summed E-state index contributed by atoms with van der Waals surface area (Å²) in [4.78, 5) is 18.6. The van der Waals surface area contributed by atoms with E-state index < -0.39 is 22.4 Å². The van der Waals surface area contributed by atoms with Gasteiger partial charge in [0.1, 0.15) is 33.9 Å². The number of halogens is 1. The molecular weight excluding hydrogens is 547 g/mol. The number of aromatic nitrogens is 5. The monoisotopic (exact) mass is 582 g/mol. The molecule has 1 fully saturated rings. The maximum Gasteiger partial charge on any atom is 0.410 e. The third-order valence-corrected chi connectivity index (χ3v) is 7.99. The number of hydrogen-bond donors (Lipinski definition) is 2. The number of nitrogens with zero attached hydrogens (tertiary/aromatic N) is 6. The molecule has 1 amide bonds. The van der Waals surface area contributed by atoms with E-state index in [0.717, 1.165) is 29.5 Å². The SMILES string of the molecule is CCS(=O)Nc1ccc(-c2nn(C)c3c(-c4cnn(C5CCN(C(=O)OC(C)(C)C)CC5)c4)cnc(N)c23)cc1F. The number of nitrogens with two attached hydrogens (primary N) is 1. The van der Waals surface area contributed by atoms with Gasteiger partial charge in [0.05, 0.1) is 28.8 Å². The molecule has 3 aromatic heterocycles. The topological polar surface area (TPSA) is 133 Å². The van der Waals surface area contributed by atoms with Gasteiger partial charge in [-0.25, -0.2) is 18.4 Å². The van der Waals surface area contributed by atoms with Crippen LogP contribution in [0.15, 0.2) is 36.8 Å². The van der Waals surface area contributed by atoms with Gasteiger partial charge in [-0.1, -0.05) is 13.0 Å². The minimum Gasteiger partial charge on any atom is -0.444 e. The van der Waals surface area contributed by atoms with Crippen molar-refractivity contribution in [3.63, 3.8) is 0 Å². The zero-order valence-electron chi connectivity index (χ0n) is 23.8. The predicted molar refractivity (Wildman–Crippen MR) is 158 cm³/mol. The number of rotatable bonds is 6. The van der Waals surface area contributed by atoms with Gasteiger partial charge in [0, 0.05) is 55.0 Å². The number of likely N-dealkylation sites (tertiary alicyclic amines) is 1. The highest BCUT2D eigenvalue weighted by Crippen LogP contribution is 2.38. The first-order valence-corrected chi connectivity index (χ1v) is 14.9. The highest BCUT2D eigenvalue weighted by Gasteiger charge is 2.28. The molecule has 0 bridgehead atoms. The zero-order chi connectivity index (χ0) is 29.5. The van der Waals surface area contributed by atoms with E-state index in [1.807, 2.05) is 38.7 Å². The number of aryl methyl sites for hydroxylation is 1. The van der Waals surface area contributed by atoms with Gasteiger partial charge in [-0.05, 0) is 45.7 Å². The van der Waals surface area contributed by atoms with Crippen molar-refractivity contribution in [1.29, 1.82) is 0 Å². The summed E-state index contributed by atoms with van der Waals surface area (Å²) in [5.41, 5.74) is 9.38. The number of pyridine rings is 1. The average molecular weight is 583 g/mol. The zero-order valence-corrected chi connectivity index (χ0v) is 24.7. The summed E-state index contributed by atoms with van der Waals surface area (Å²) in [6.07, 6.45) is 6.68. The Bertz CT molecular complexity index is 1620. The Morgan fingerprint density at radius 3 is 2.61 bits per heavy atom. The molecule has 1 aromatic carbocycles. The lowest BCUT2D eigenvalue weighted by Crippen LogP contribution is -2.42. The smallest absolute Gasteiger partial charge is 0.410 e. The molecule has 0 saturated carbocycles. The molecule has 1 aliphatic heterocycles. The van der Waals surface area contributed by atoms with Crippen LogP contribution in [0.4, 0.5) is 20.7 Å². The fourth-order valence-corrected chi connectivity index (χ4v) is 5.56. The van der Waals surface area contributed by atoms with Crippen molar-refractivity contribution in [3.05, 3.63) is 42.6 Å². The summed E-state index contributed by atoms with van der Waals surface area (Å²) in [5.74, 6) is 0.104. The molecule has 1 aliphatic rings. The maximum atomic E-state index is 14.9. The predicted octanol–water partition coefficient (Wildman–Crippen LogP) is 4.89. The van der Waals surface area contributed by atoms with E-state index in [1.54, 1.807) is 41.0 Å². The fourth-order valence-electron chi connectivity index (χ4n) is 5.00. The number of carbonyl (C=O) groups excluding carboxylic acids is 1. The number of piperidine rings is 1. The second-order valence-corrected chi connectivity index (χ2v) is 12.6. The molecule has 0 spiro atoms. The lowest BCUT2D eigenvalue weighted by molar-refractivity contribution is 0.0185. The van der Waals surface area contributed by atoms with Crippen molar-refractivity contribution in [2.75, 3.05) is 29.3 Å². The number of nitrogens with one attached hydrogen (secondary N) is 1. The first kappa shape index (κ1) is 28.5. The van der Waals surface area contributed by atoms with E-state index in [0.29, 0.717) is 35.5 Å². The lowest BCUT2D eigenvalue weighted by atomic mass is 10.0. The minimum atomic E-state index is -1.36. The van der Waals surface area contributed by atoms with E-state index >= 15 is 0 Å². The highest BCUT2D eigenvalue weighted by atomic mass is 32.2. The van der Waals surface area contributed by atoms with Crippen LogP contribution in [0, 0.1) is 5.82 Å². The number of nitrogen functional groups attached to an aromatic ring is 1. The second-order valence-electron chi connectivity index (χ2n) is 11.1. The van der Waals surface area contributed by atoms with Crippen LogP contribution in [0.1, 0.15) is 46.6 Å². The summed E-state index contributed by atoms with van der Waals surface area (Å²) < 4.78 is 38.6. The van der Waals surface area contributed by atoms with Crippen LogP contribution in [0.2, 0.25) is 0 Å². The van der Waals surface area contributed by atoms with Gasteiger partial charge in [-0.3, -0.25) is 9.36 Å². The Morgan fingerprint density at radius 2 is 1.95 bits per heavy atom. The van der Waals surface area contributed by atoms with Crippen LogP contribution in [0.3, 0.4) is 0 Å². The Morgan fingerprint density at radius 1 is 1.22 bits per heavy atom. The molecular formula is C28H35FN8O3S. The van der Waals surface area contributed by atoms with Crippen LogP contribution >= 0.6 is 0 Å². The van der Waals surface area contributed by atoms with Gasteiger partial charge in [0.2, 0.25) is 0 Å². The van der Waals surface area contributed by atoms with E-state index in [9.17, 15) is 13.4 Å². The van der Waals surface area contributed by atoms with Crippen LogP contribution in [-0.4, -0.2) is 64.2 Å². The molecule has 13 heteroatoms. The largest absolute Gasteiger partial charge is 0.444 e. The summed E-state index contributed by atoms with van der Waals surface area (Å²) >= 11 is 0. The van der Waals surface area contributed by atoms with Gasteiger partial charge in [0.15, 0.2) is 0 Å². The van der Waals surface area contributed by atoms with E-state index in [-0.39, 0.29) is 23.6 Å². The van der Waals surface area contributed by atoms with Crippen molar-refractivity contribution in [3.8, 4) is 22.4 Å². The molecule has 0 radical (unpaired) electrons. The van der Waals surface area contributed by atoms with Crippen LogP contribution in [0.25, 0.3) is 33.3 Å². The summed E-state index contributed by atoms with van der Waals surface area (Å²) in [6.45, 7) is 8.52. The van der Waals surface area contributed by atoms with Gasteiger partial charge >= 0.3 is 6.09 Å². The minimum absolute atomic E-state index is 0.138. The number of ether oxygens (including phenoxy) is 1. The third-order valence-electron chi connectivity index (χ3n) is 7.02. The third kappa shape index (κ3) is 5.90. The van der Waals surface area contributed by atoms with Gasteiger partial charge in [-0.2, -0.15) is 10.2 Å². The van der Waals surface area contributed by atoms with Gasteiger partial charge in [0.25, 0.3) is 0 Å². The number of anilines is 2. The number of amides is 1. The van der Waals surface area contributed by atoms with E-state index in [2.05, 4.69) is 19.9 Å². The normalized spacial score (nSPS) is 15.3. The molecule has 4 heterocycles. The molecule has 1 saturated heterocycles. The average Bonchev–Trinajstić information content (AvgIpc) is 3.55. The second kappa shape index (κ2) is 11.1. The van der Waals surface area contributed by atoms with Gasteiger partial charge < -0.3 is 20.1 Å². The number of hydrogen-bond acceptors (Lipinski definition) is 7. The Kier molecular flexibility index (Phi) is 7.73. The van der Waals surface area contributed by atoms with Crippen LogP contribution < -0.4 is 10.5 Å². The Hall–Kier alpha value is -4.00.